The van der Waals surface area contributed by atoms with Crippen molar-refractivity contribution in [2.75, 3.05) is 6.54 Å². The summed E-state index contributed by atoms with van der Waals surface area (Å²) in [5.74, 6) is 0.0919. The Hall–Kier alpha value is -1.45. The molecule has 2 aromatic rings. The third kappa shape index (κ3) is 2.38. The minimum Gasteiger partial charge on any atom is -0.330 e. The van der Waals surface area contributed by atoms with E-state index in [1.165, 1.54) is 16.9 Å². The normalized spacial score (nSPS) is 10.3. The van der Waals surface area contributed by atoms with Crippen LogP contribution in [0.25, 0.3) is 0 Å². The average Bonchev–Trinajstić information content (AvgIpc) is 2.83. The van der Waals surface area contributed by atoms with Gasteiger partial charge in [-0.25, -0.2) is 0 Å². The first-order valence-corrected chi connectivity index (χ1v) is 6.06. The molecule has 0 spiro atoms. The lowest BCUT2D eigenvalue weighted by Crippen LogP contribution is -2.03. The van der Waals surface area contributed by atoms with E-state index in [2.05, 4.69) is 0 Å². The maximum Gasteiger partial charge on any atom is 0.202 e. The Morgan fingerprint density at radius 2 is 1.94 bits per heavy atom. The molecule has 0 saturated carbocycles. The molecular weight excluding hydrogens is 218 g/mol. The molecule has 82 valence electrons. The summed E-state index contributed by atoms with van der Waals surface area (Å²) in [6.45, 7) is 0.637. The van der Waals surface area contributed by atoms with Gasteiger partial charge in [0.2, 0.25) is 5.78 Å². The molecule has 3 heteroatoms. The Morgan fingerprint density at radius 3 is 2.50 bits per heavy atom. The van der Waals surface area contributed by atoms with E-state index in [-0.39, 0.29) is 5.78 Å². The number of ketones is 1. The van der Waals surface area contributed by atoms with Gasteiger partial charge in [0.1, 0.15) is 0 Å². The highest BCUT2D eigenvalue weighted by molar-refractivity contribution is 7.12. The van der Waals surface area contributed by atoms with E-state index in [9.17, 15) is 4.79 Å². The fourth-order valence-corrected chi connectivity index (χ4v) is 2.23. The van der Waals surface area contributed by atoms with Crippen molar-refractivity contribution in [1.82, 2.24) is 0 Å². The standard InChI is InChI=1S/C13H13NOS/c14-8-7-10-3-5-11(6-4-10)13(15)12-2-1-9-16-12/h1-6,9H,7-8,14H2. The summed E-state index contributed by atoms with van der Waals surface area (Å²) < 4.78 is 0. The lowest BCUT2D eigenvalue weighted by Gasteiger charge is -2.01. The molecule has 0 unspecified atom stereocenters. The van der Waals surface area contributed by atoms with Crippen LogP contribution in [0.2, 0.25) is 0 Å². The SMILES string of the molecule is NCCc1ccc(C(=O)c2cccs2)cc1. The number of hydrogen-bond acceptors (Lipinski definition) is 3. The van der Waals surface area contributed by atoms with Crippen molar-refractivity contribution in [3.63, 3.8) is 0 Å². The van der Waals surface area contributed by atoms with Crippen LogP contribution in [0.1, 0.15) is 20.8 Å². The third-order valence-corrected chi connectivity index (χ3v) is 3.26. The molecule has 0 amide bonds. The van der Waals surface area contributed by atoms with Crippen molar-refractivity contribution in [3.8, 4) is 0 Å². The Bertz CT molecular complexity index is 459. The van der Waals surface area contributed by atoms with Crippen LogP contribution < -0.4 is 5.73 Å². The van der Waals surface area contributed by atoms with Gasteiger partial charge < -0.3 is 5.73 Å². The second-order valence-corrected chi connectivity index (χ2v) is 4.49. The van der Waals surface area contributed by atoms with Crippen LogP contribution in [0.3, 0.4) is 0 Å². The number of hydrogen-bond donors (Lipinski definition) is 1. The molecule has 0 aliphatic heterocycles. The molecule has 1 heterocycles. The first kappa shape index (κ1) is 11.0. The number of nitrogens with two attached hydrogens (primary N) is 1. The summed E-state index contributed by atoms with van der Waals surface area (Å²) in [5, 5.41) is 1.91. The highest BCUT2D eigenvalue weighted by Crippen LogP contribution is 2.15. The number of rotatable bonds is 4. The molecule has 1 aromatic carbocycles. The summed E-state index contributed by atoms with van der Waals surface area (Å²) in [6, 6.07) is 11.4. The molecule has 0 atom stereocenters. The monoisotopic (exact) mass is 231 g/mol. The molecule has 2 rings (SSSR count). The number of carbonyl (C=O) groups is 1. The van der Waals surface area contributed by atoms with Crippen LogP contribution in [-0.2, 0) is 6.42 Å². The first-order valence-electron chi connectivity index (χ1n) is 5.18. The summed E-state index contributed by atoms with van der Waals surface area (Å²) in [5.41, 5.74) is 7.38. The van der Waals surface area contributed by atoms with Gasteiger partial charge in [0.15, 0.2) is 0 Å². The zero-order valence-electron chi connectivity index (χ0n) is 8.85. The third-order valence-electron chi connectivity index (χ3n) is 2.39. The van der Waals surface area contributed by atoms with Crippen molar-refractivity contribution >= 4 is 17.1 Å². The zero-order chi connectivity index (χ0) is 11.4. The molecule has 0 radical (unpaired) electrons. The quantitative estimate of drug-likeness (QED) is 0.821. The zero-order valence-corrected chi connectivity index (χ0v) is 9.67. The largest absolute Gasteiger partial charge is 0.330 e. The second kappa shape index (κ2) is 5.05. The van der Waals surface area contributed by atoms with Crippen LogP contribution in [0.4, 0.5) is 0 Å². The van der Waals surface area contributed by atoms with Crippen LogP contribution >= 0.6 is 11.3 Å². The van der Waals surface area contributed by atoms with Gasteiger partial charge in [-0.15, -0.1) is 11.3 Å². The van der Waals surface area contributed by atoms with E-state index in [0.29, 0.717) is 6.54 Å². The predicted octanol–water partition coefficient (Wildman–Crippen LogP) is 2.48. The molecule has 0 aliphatic rings. The molecule has 0 saturated heterocycles. The minimum absolute atomic E-state index is 0.0919. The Morgan fingerprint density at radius 1 is 1.19 bits per heavy atom. The molecule has 0 aliphatic carbocycles. The van der Waals surface area contributed by atoms with Crippen LogP contribution in [0.15, 0.2) is 41.8 Å². The van der Waals surface area contributed by atoms with Gasteiger partial charge in [-0.3, -0.25) is 4.79 Å². The summed E-state index contributed by atoms with van der Waals surface area (Å²) in [4.78, 5) is 12.7. The van der Waals surface area contributed by atoms with Crippen molar-refractivity contribution in [3.05, 3.63) is 57.8 Å². The average molecular weight is 231 g/mol. The van der Waals surface area contributed by atoms with E-state index >= 15 is 0 Å². The van der Waals surface area contributed by atoms with E-state index in [0.717, 1.165) is 16.9 Å². The maximum absolute atomic E-state index is 12.0. The van der Waals surface area contributed by atoms with Gasteiger partial charge in [-0.2, -0.15) is 0 Å². The lowest BCUT2D eigenvalue weighted by atomic mass is 10.1. The lowest BCUT2D eigenvalue weighted by molar-refractivity contribution is 0.104. The number of carbonyl (C=O) groups excluding carboxylic acids is 1. The van der Waals surface area contributed by atoms with Crippen molar-refractivity contribution in [2.24, 2.45) is 5.73 Å². The Kier molecular flexibility index (Phi) is 3.49. The fraction of sp³-hybridized carbons (Fsp3) is 0.154. The summed E-state index contributed by atoms with van der Waals surface area (Å²) >= 11 is 1.47. The second-order valence-electron chi connectivity index (χ2n) is 3.54. The Balaban J connectivity index is 2.19. The smallest absolute Gasteiger partial charge is 0.202 e. The maximum atomic E-state index is 12.0. The van der Waals surface area contributed by atoms with Gasteiger partial charge in [-0.05, 0) is 30.0 Å². The van der Waals surface area contributed by atoms with Gasteiger partial charge >= 0.3 is 0 Å². The van der Waals surface area contributed by atoms with Gasteiger partial charge in [-0.1, -0.05) is 30.3 Å². The van der Waals surface area contributed by atoms with E-state index < -0.39 is 0 Å². The molecule has 2 N–H and O–H groups in total. The topological polar surface area (TPSA) is 43.1 Å². The highest BCUT2D eigenvalue weighted by Gasteiger charge is 2.09. The predicted molar refractivity (Wildman–Crippen MR) is 67.0 cm³/mol. The first-order chi connectivity index (χ1) is 7.81. The van der Waals surface area contributed by atoms with Crippen molar-refractivity contribution in [2.45, 2.75) is 6.42 Å². The fourth-order valence-electron chi connectivity index (χ4n) is 1.54. The molecule has 0 bridgehead atoms. The molecule has 0 fully saturated rings. The summed E-state index contributed by atoms with van der Waals surface area (Å²) in [6.07, 6.45) is 0.855. The van der Waals surface area contributed by atoms with E-state index in [1.807, 2.05) is 41.8 Å². The summed E-state index contributed by atoms with van der Waals surface area (Å²) in [7, 11) is 0. The molecule has 16 heavy (non-hydrogen) atoms. The molecule has 1 aromatic heterocycles. The Labute approximate surface area is 98.7 Å². The highest BCUT2D eigenvalue weighted by atomic mass is 32.1. The van der Waals surface area contributed by atoms with Crippen molar-refractivity contribution < 1.29 is 4.79 Å². The minimum atomic E-state index is 0.0919. The van der Waals surface area contributed by atoms with E-state index in [4.69, 9.17) is 5.73 Å². The number of thiophene rings is 1. The van der Waals surface area contributed by atoms with Gasteiger partial charge in [0.25, 0.3) is 0 Å². The molecule has 2 nitrogen and oxygen atoms in total. The van der Waals surface area contributed by atoms with Crippen LogP contribution in [0.5, 0.6) is 0 Å². The van der Waals surface area contributed by atoms with Crippen molar-refractivity contribution in [1.29, 1.82) is 0 Å². The number of benzene rings is 1. The van der Waals surface area contributed by atoms with Crippen LogP contribution in [-0.4, -0.2) is 12.3 Å². The van der Waals surface area contributed by atoms with Crippen LogP contribution in [0, 0.1) is 0 Å². The van der Waals surface area contributed by atoms with E-state index in [1.54, 1.807) is 0 Å². The molecular formula is C13H13NOS. The van der Waals surface area contributed by atoms with Gasteiger partial charge in [0.05, 0.1) is 4.88 Å². The van der Waals surface area contributed by atoms with Gasteiger partial charge in [0, 0.05) is 5.56 Å².